The van der Waals surface area contributed by atoms with E-state index in [1.807, 2.05) is 18.2 Å². The summed E-state index contributed by atoms with van der Waals surface area (Å²) < 4.78 is 28.5. The van der Waals surface area contributed by atoms with E-state index in [0.717, 1.165) is 37.2 Å². The molecule has 2 aromatic carbocycles. The summed E-state index contributed by atoms with van der Waals surface area (Å²) in [6.45, 7) is 1.92. The van der Waals surface area contributed by atoms with Crippen LogP contribution in [0.25, 0.3) is 11.1 Å². The standard InChI is InChI=1S/C18H18F2N2/c19-13-4-2-5-14(20)18(13)12-3-1-6-16-17(12)11-7-9-21-10-8-15(11)22-16/h1-6,11,15,21-22H,7-10H2/t11-,15+/m1/s1. The van der Waals surface area contributed by atoms with E-state index < -0.39 is 11.6 Å². The van der Waals surface area contributed by atoms with Gasteiger partial charge in [0.2, 0.25) is 0 Å². The predicted octanol–water partition coefficient (Wildman–Crippen LogP) is 3.89. The Balaban J connectivity index is 1.89. The number of hydrogen-bond donors (Lipinski definition) is 2. The second-order valence-corrected chi connectivity index (χ2v) is 6.05. The van der Waals surface area contributed by atoms with Gasteiger partial charge in [-0.3, -0.25) is 0 Å². The molecule has 1 saturated heterocycles. The minimum absolute atomic E-state index is 0.0963. The molecule has 4 heteroatoms. The third-order valence-electron chi connectivity index (χ3n) is 4.80. The molecule has 2 aromatic rings. The Morgan fingerprint density at radius 2 is 1.64 bits per heavy atom. The number of fused-ring (bicyclic) bond motifs is 3. The minimum atomic E-state index is -0.497. The Morgan fingerprint density at radius 1 is 0.909 bits per heavy atom. The molecule has 0 aromatic heterocycles. The molecule has 2 nitrogen and oxygen atoms in total. The fourth-order valence-electron chi connectivity index (χ4n) is 3.82. The van der Waals surface area contributed by atoms with Crippen LogP contribution in [0.3, 0.4) is 0 Å². The topological polar surface area (TPSA) is 24.1 Å². The van der Waals surface area contributed by atoms with Crippen molar-refractivity contribution in [2.45, 2.75) is 24.8 Å². The van der Waals surface area contributed by atoms with Crippen LogP contribution >= 0.6 is 0 Å². The summed E-state index contributed by atoms with van der Waals surface area (Å²) in [6, 6.07) is 10.1. The summed E-state index contributed by atoms with van der Waals surface area (Å²) in [4.78, 5) is 0. The van der Waals surface area contributed by atoms with Gasteiger partial charge < -0.3 is 10.6 Å². The summed E-state index contributed by atoms with van der Waals surface area (Å²) >= 11 is 0. The van der Waals surface area contributed by atoms with Gasteiger partial charge in [0.25, 0.3) is 0 Å². The van der Waals surface area contributed by atoms with Gasteiger partial charge in [0, 0.05) is 17.6 Å². The second-order valence-electron chi connectivity index (χ2n) is 6.05. The lowest BCUT2D eigenvalue weighted by Gasteiger charge is -2.18. The van der Waals surface area contributed by atoms with Crippen molar-refractivity contribution in [3.05, 3.63) is 53.6 Å². The molecule has 2 heterocycles. The maximum Gasteiger partial charge on any atom is 0.133 e. The van der Waals surface area contributed by atoms with Gasteiger partial charge >= 0.3 is 0 Å². The first kappa shape index (κ1) is 13.7. The highest BCUT2D eigenvalue weighted by Gasteiger charge is 2.35. The molecule has 0 aliphatic carbocycles. The average molecular weight is 300 g/mol. The Morgan fingerprint density at radius 3 is 2.45 bits per heavy atom. The number of anilines is 1. The molecule has 2 aliphatic rings. The van der Waals surface area contributed by atoms with Crippen molar-refractivity contribution in [2.75, 3.05) is 18.4 Å². The molecular weight excluding hydrogens is 282 g/mol. The zero-order valence-corrected chi connectivity index (χ0v) is 12.2. The number of nitrogens with one attached hydrogen (secondary N) is 2. The maximum atomic E-state index is 14.2. The van der Waals surface area contributed by atoms with Crippen LogP contribution in [0.15, 0.2) is 36.4 Å². The fourth-order valence-corrected chi connectivity index (χ4v) is 3.82. The Hall–Kier alpha value is -1.94. The molecule has 114 valence electrons. The third kappa shape index (κ3) is 2.10. The molecular formula is C18H18F2N2. The third-order valence-corrected chi connectivity index (χ3v) is 4.80. The predicted molar refractivity (Wildman–Crippen MR) is 84.0 cm³/mol. The summed E-state index contributed by atoms with van der Waals surface area (Å²) in [6.07, 6.45) is 2.01. The van der Waals surface area contributed by atoms with Crippen LogP contribution in [0.2, 0.25) is 0 Å². The van der Waals surface area contributed by atoms with Crippen molar-refractivity contribution in [3.8, 4) is 11.1 Å². The average Bonchev–Trinajstić information content (AvgIpc) is 2.70. The molecule has 2 aliphatic heterocycles. The summed E-state index contributed by atoms with van der Waals surface area (Å²) in [7, 11) is 0. The molecule has 2 atom stereocenters. The maximum absolute atomic E-state index is 14.2. The highest BCUT2D eigenvalue weighted by molar-refractivity contribution is 5.78. The van der Waals surface area contributed by atoms with Crippen LogP contribution in [0, 0.1) is 11.6 Å². The van der Waals surface area contributed by atoms with E-state index in [-0.39, 0.29) is 5.56 Å². The lowest BCUT2D eigenvalue weighted by atomic mass is 9.85. The van der Waals surface area contributed by atoms with Gasteiger partial charge in [0.05, 0.1) is 5.56 Å². The van der Waals surface area contributed by atoms with E-state index in [9.17, 15) is 8.78 Å². The number of benzene rings is 2. The van der Waals surface area contributed by atoms with E-state index in [1.165, 1.54) is 18.2 Å². The van der Waals surface area contributed by atoms with Crippen LogP contribution in [0.1, 0.15) is 24.3 Å². The van der Waals surface area contributed by atoms with Crippen molar-refractivity contribution >= 4 is 5.69 Å². The largest absolute Gasteiger partial charge is 0.381 e. The quantitative estimate of drug-likeness (QED) is 0.835. The van der Waals surface area contributed by atoms with Gasteiger partial charge in [-0.25, -0.2) is 8.78 Å². The zero-order valence-electron chi connectivity index (χ0n) is 12.2. The first-order valence-corrected chi connectivity index (χ1v) is 7.80. The van der Waals surface area contributed by atoms with Crippen LogP contribution in [-0.4, -0.2) is 19.1 Å². The second kappa shape index (κ2) is 5.36. The zero-order chi connectivity index (χ0) is 15.1. The minimum Gasteiger partial charge on any atom is -0.381 e. The lowest BCUT2D eigenvalue weighted by Crippen LogP contribution is -2.21. The van der Waals surface area contributed by atoms with Gasteiger partial charge in [0.1, 0.15) is 11.6 Å². The normalized spacial score (nSPS) is 23.4. The molecule has 22 heavy (non-hydrogen) atoms. The van der Waals surface area contributed by atoms with Crippen molar-refractivity contribution in [1.82, 2.24) is 5.32 Å². The van der Waals surface area contributed by atoms with Crippen molar-refractivity contribution in [3.63, 3.8) is 0 Å². The number of rotatable bonds is 1. The smallest absolute Gasteiger partial charge is 0.133 e. The van der Waals surface area contributed by atoms with Crippen LogP contribution in [-0.2, 0) is 0 Å². The van der Waals surface area contributed by atoms with Crippen LogP contribution in [0.5, 0.6) is 0 Å². The van der Waals surface area contributed by atoms with Crippen molar-refractivity contribution < 1.29 is 8.78 Å². The number of hydrogen-bond acceptors (Lipinski definition) is 2. The molecule has 0 bridgehead atoms. The summed E-state index contributed by atoms with van der Waals surface area (Å²) in [5.41, 5.74) is 2.88. The molecule has 0 spiro atoms. The van der Waals surface area contributed by atoms with E-state index in [2.05, 4.69) is 10.6 Å². The van der Waals surface area contributed by atoms with Crippen molar-refractivity contribution in [1.29, 1.82) is 0 Å². The highest BCUT2D eigenvalue weighted by Crippen LogP contribution is 2.46. The molecule has 1 fully saturated rings. The molecule has 2 N–H and O–H groups in total. The van der Waals surface area contributed by atoms with E-state index >= 15 is 0 Å². The SMILES string of the molecule is Fc1cccc(F)c1-c1cccc2c1[C@@H]1CCNCC[C@@H]1N2. The van der Waals surface area contributed by atoms with Gasteiger partial charge in [-0.15, -0.1) is 0 Å². The first-order chi connectivity index (χ1) is 10.8. The molecule has 0 unspecified atom stereocenters. The Kier molecular flexibility index (Phi) is 3.34. The van der Waals surface area contributed by atoms with Crippen LogP contribution in [0.4, 0.5) is 14.5 Å². The molecule has 0 saturated carbocycles. The highest BCUT2D eigenvalue weighted by atomic mass is 19.1. The van der Waals surface area contributed by atoms with Gasteiger partial charge in [-0.1, -0.05) is 18.2 Å². The van der Waals surface area contributed by atoms with Gasteiger partial charge in [0.15, 0.2) is 0 Å². The Labute approximate surface area is 128 Å². The summed E-state index contributed by atoms with van der Waals surface area (Å²) in [5, 5.41) is 6.94. The molecule has 4 rings (SSSR count). The van der Waals surface area contributed by atoms with E-state index in [1.54, 1.807) is 0 Å². The van der Waals surface area contributed by atoms with E-state index in [0.29, 0.717) is 17.5 Å². The molecule has 0 radical (unpaired) electrons. The monoisotopic (exact) mass is 300 g/mol. The van der Waals surface area contributed by atoms with Gasteiger partial charge in [-0.05, 0) is 55.3 Å². The first-order valence-electron chi connectivity index (χ1n) is 7.80. The fraction of sp³-hybridized carbons (Fsp3) is 0.333. The summed E-state index contributed by atoms with van der Waals surface area (Å²) in [5.74, 6) is -0.688. The number of halogens is 2. The lowest BCUT2D eigenvalue weighted by molar-refractivity contribution is 0.574. The van der Waals surface area contributed by atoms with Gasteiger partial charge in [-0.2, -0.15) is 0 Å². The van der Waals surface area contributed by atoms with E-state index in [4.69, 9.17) is 0 Å². The Bertz CT molecular complexity index is 694. The molecule has 0 amide bonds. The van der Waals surface area contributed by atoms with Crippen molar-refractivity contribution in [2.24, 2.45) is 0 Å². The van der Waals surface area contributed by atoms with Crippen LogP contribution < -0.4 is 10.6 Å².